The molecule has 0 saturated carbocycles. The number of hydrogen-bond donors (Lipinski definition) is 0. The van der Waals surface area contributed by atoms with Crippen molar-refractivity contribution in [2.24, 2.45) is 0 Å². The number of benzene rings is 1. The third-order valence-electron chi connectivity index (χ3n) is 4.11. The van der Waals surface area contributed by atoms with Gasteiger partial charge in [-0.2, -0.15) is 5.10 Å². The summed E-state index contributed by atoms with van der Waals surface area (Å²) in [4.78, 5) is 8.69. The van der Waals surface area contributed by atoms with Crippen LogP contribution in [0.5, 0.6) is 5.75 Å². The number of aromatic nitrogens is 6. The van der Waals surface area contributed by atoms with Crippen molar-refractivity contribution in [1.29, 1.82) is 0 Å². The van der Waals surface area contributed by atoms with E-state index in [-0.39, 0.29) is 5.92 Å². The van der Waals surface area contributed by atoms with Crippen molar-refractivity contribution in [2.45, 2.75) is 18.9 Å². The first-order valence-corrected chi connectivity index (χ1v) is 8.32. The molecule has 3 aromatic rings. The number of halogens is 1. The van der Waals surface area contributed by atoms with Crippen LogP contribution < -0.4 is 4.74 Å². The predicted molar refractivity (Wildman–Crippen MR) is 90.2 cm³/mol. The van der Waals surface area contributed by atoms with Crippen molar-refractivity contribution >= 4 is 11.6 Å². The van der Waals surface area contributed by atoms with Crippen LogP contribution in [0.4, 0.5) is 0 Å². The van der Waals surface area contributed by atoms with Crippen molar-refractivity contribution in [2.75, 3.05) is 20.3 Å². The lowest BCUT2D eigenvalue weighted by Crippen LogP contribution is -2.10. The molecule has 0 spiro atoms. The van der Waals surface area contributed by atoms with Crippen LogP contribution >= 0.6 is 11.6 Å². The Balaban J connectivity index is 1.79. The standard InChI is InChI=1S/C16H17ClN6O2/c1-24-14-3-2-12(17)6-13(14)23-16(11-4-5-25-8-11)20-15(21-23)7-22-10-18-9-19-22/h2-3,6,9-11H,4-5,7-8H2,1H3/t11-/m0/s1. The van der Waals surface area contributed by atoms with Gasteiger partial charge in [0.1, 0.15) is 36.5 Å². The van der Waals surface area contributed by atoms with Crippen LogP contribution in [0.1, 0.15) is 24.0 Å². The second-order valence-corrected chi connectivity index (χ2v) is 6.20. The Bertz CT molecular complexity index is 858. The highest BCUT2D eigenvalue weighted by Crippen LogP contribution is 2.31. The smallest absolute Gasteiger partial charge is 0.172 e. The highest BCUT2D eigenvalue weighted by atomic mass is 35.5. The summed E-state index contributed by atoms with van der Waals surface area (Å²) in [5, 5.41) is 9.40. The van der Waals surface area contributed by atoms with Gasteiger partial charge in [-0.1, -0.05) is 11.6 Å². The Morgan fingerprint density at radius 1 is 1.40 bits per heavy atom. The van der Waals surface area contributed by atoms with Crippen LogP contribution in [0.25, 0.3) is 5.69 Å². The Hall–Kier alpha value is -2.45. The van der Waals surface area contributed by atoms with E-state index in [1.807, 2.05) is 12.1 Å². The molecular weight excluding hydrogens is 344 g/mol. The summed E-state index contributed by atoms with van der Waals surface area (Å²) in [6.07, 6.45) is 4.03. The van der Waals surface area contributed by atoms with Crippen LogP contribution in [0.3, 0.4) is 0 Å². The first kappa shape index (κ1) is 16.0. The highest BCUT2D eigenvalue weighted by molar-refractivity contribution is 6.30. The zero-order valence-corrected chi connectivity index (χ0v) is 14.4. The lowest BCUT2D eigenvalue weighted by Gasteiger charge is -2.13. The minimum Gasteiger partial charge on any atom is -0.494 e. The summed E-state index contributed by atoms with van der Waals surface area (Å²) in [6, 6.07) is 5.44. The topological polar surface area (TPSA) is 79.9 Å². The fourth-order valence-electron chi connectivity index (χ4n) is 2.90. The van der Waals surface area contributed by atoms with Crippen LogP contribution in [0.15, 0.2) is 30.9 Å². The predicted octanol–water partition coefficient (Wildman–Crippen LogP) is 2.07. The molecule has 3 heterocycles. The minimum atomic E-state index is 0.181. The van der Waals surface area contributed by atoms with E-state index >= 15 is 0 Å². The van der Waals surface area contributed by atoms with Crippen LogP contribution in [0, 0.1) is 0 Å². The maximum absolute atomic E-state index is 6.19. The summed E-state index contributed by atoms with van der Waals surface area (Å²) in [6.45, 7) is 1.80. The molecule has 0 radical (unpaired) electrons. The van der Waals surface area contributed by atoms with E-state index in [1.165, 1.54) is 6.33 Å². The average molecular weight is 361 g/mol. The van der Waals surface area contributed by atoms with E-state index in [1.54, 1.807) is 28.9 Å². The van der Waals surface area contributed by atoms with Crippen molar-refractivity contribution in [1.82, 2.24) is 29.5 Å². The van der Waals surface area contributed by atoms with Crippen molar-refractivity contribution in [3.63, 3.8) is 0 Å². The second kappa shape index (κ2) is 6.81. The largest absolute Gasteiger partial charge is 0.494 e. The molecule has 0 amide bonds. The third kappa shape index (κ3) is 3.22. The van der Waals surface area contributed by atoms with Gasteiger partial charge >= 0.3 is 0 Å². The first-order chi connectivity index (χ1) is 12.2. The van der Waals surface area contributed by atoms with Gasteiger partial charge in [0.2, 0.25) is 0 Å². The van der Waals surface area contributed by atoms with E-state index < -0.39 is 0 Å². The molecule has 1 aliphatic rings. The van der Waals surface area contributed by atoms with Gasteiger partial charge in [0.25, 0.3) is 0 Å². The lowest BCUT2D eigenvalue weighted by molar-refractivity contribution is 0.193. The summed E-state index contributed by atoms with van der Waals surface area (Å²) in [7, 11) is 1.62. The fraction of sp³-hybridized carbons (Fsp3) is 0.375. The Labute approximate surface area is 149 Å². The average Bonchev–Trinajstić information content (AvgIpc) is 3.36. The van der Waals surface area contributed by atoms with Gasteiger partial charge < -0.3 is 9.47 Å². The molecule has 8 nitrogen and oxygen atoms in total. The SMILES string of the molecule is COc1ccc(Cl)cc1-n1nc(Cn2cncn2)nc1[C@H]1CCOC1. The number of nitrogens with zero attached hydrogens (tertiary/aromatic N) is 6. The van der Waals surface area contributed by atoms with Gasteiger partial charge in [-0.3, -0.25) is 0 Å². The van der Waals surface area contributed by atoms with Crippen LogP contribution in [-0.2, 0) is 11.3 Å². The molecule has 4 rings (SSSR count). The van der Waals surface area contributed by atoms with Gasteiger partial charge in [-0.25, -0.2) is 19.3 Å². The summed E-state index contributed by atoms with van der Waals surface area (Å²) >= 11 is 6.19. The molecule has 1 aromatic carbocycles. The van der Waals surface area contributed by atoms with Crippen molar-refractivity contribution in [3.05, 3.63) is 47.5 Å². The van der Waals surface area contributed by atoms with Gasteiger partial charge in [0, 0.05) is 17.5 Å². The molecule has 0 N–H and O–H groups in total. The van der Waals surface area contributed by atoms with Gasteiger partial charge in [0.15, 0.2) is 5.82 Å². The van der Waals surface area contributed by atoms with E-state index in [9.17, 15) is 0 Å². The zero-order valence-electron chi connectivity index (χ0n) is 13.7. The van der Waals surface area contributed by atoms with E-state index in [4.69, 9.17) is 26.1 Å². The third-order valence-corrected chi connectivity index (χ3v) is 4.35. The number of hydrogen-bond acceptors (Lipinski definition) is 6. The number of ether oxygens (including phenoxy) is 2. The summed E-state index contributed by atoms with van der Waals surface area (Å²) < 4.78 is 14.5. The fourth-order valence-corrected chi connectivity index (χ4v) is 3.07. The number of methoxy groups -OCH3 is 1. The molecule has 0 bridgehead atoms. The quantitative estimate of drug-likeness (QED) is 0.693. The minimum absolute atomic E-state index is 0.181. The molecular formula is C16H17ClN6O2. The normalized spacial score (nSPS) is 17.1. The van der Waals surface area contributed by atoms with E-state index in [2.05, 4.69) is 15.2 Å². The summed E-state index contributed by atoms with van der Waals surface area (Å²) in [5.41, 5.74) is 0.759. The monoisotopic (exact) mass is 360 g/mol. The van der Waals surface area contributed by atoms with Crippen molar-refractivity contribution < 1.29 is 9.47 Å². The zero-order chi connectivity index (χ0) is 17.2. The molecule has 0 unspecified atom stereocenters. The molecule has 1 saturated heterocycles. The Morgan fingerprint density at radius 3 is 3.04 bits per heavy atom. The van der Waals surface area contributed by atoms with E-state index in [0.29, 0.717) is 29.7 Å². The molecule has 1 aliphatic heterocycles. The van der Waals surface area contributed by atoms with Gasteiger partial charge in [-0.15, -0.1) is 5.10 Å². The van der Waals surface area contributed by atoms with Crippen LogP contribution in [0.2, 0.25) is 5.02 Å². The molecule has 0 aliphatic carbocycles. The molecule has 9 heteroatoms. The Kier molecular flexibility index (Phi) is 4.37. The maximum atomic E-state index is 6.19. The maximum Gasteiger partial charge on any atom is 0.172 e. The molecule has 25 heavy (non-hydrogen) atoms. The molecule has 1 fully saturated rings. The van der Waals surface area contributed by atoms with Gasteiger partial charge in [-0.05, 0) is 24.6 Å². The molecule has 2 aromatic heterocycles. The number of rotatable bonds is 5. The van der Waals surface area contributed by atoms with Crippen LogP contribution in [-0.4, -0.2) is 49.9 Å². The van der Waals surface area contributed by atoms with E-state index in [0.717, 1.165) is 24.5 Å². The second-order valence-electron chi connectivity index (χ2n) is 5.77. The summed E-state index contributed by atoms with van der Waals surface area (Å²) in [5.74, 6) is 2.35. The molecule has 130 valence electrons. The first-order valence-electron chi connectivity index (χ1n) is 7.94. The highest BCUT2D eigenvalue weighted by Gasteiger charge is 2.26. The Morgan fingerprint density at radius 2 is 2.32 bits per heavy atom. The van der Waals surface area contributed by atoms with Crippen molar-refractivity contribution in [3.8, 4) is 11.4 Å². The molecule has 1 atom stereocenters. The lowest BCUT2D eigenvalue weighted by atomic mass is 10.1. The van der Waals surface area contributed by atoms with Gasteiger partial charge in [0.05, 0.1) is 13.7 Å².